The Bertz CT molecular complexity index is 903. The van der Waals surface area contributed by atoms with Crippen LogP contribution in [0.4, 0.5) is 8.78 Å². The number of aromatic nitrogens is 2. The van der Waals surface area contributed by atoms with E-state index >= 15 is 0 Å². The maximum atomic E-state index is 14.0. The molecule has 0 saturated carbocycles. The van der Waals surface area contributed by atoms with Crippen molar-refractivity contribution < 1.29 is 13.6 Å². The molecule has 0 fully saturated rings. The van der Waals surface area contributed by atoms with Crippen molar-refractivity contribution in [2.45, 2.75) is 20.1 Å². The molecule has 0 atom stereocenters. The smallest absolute Gasteiger partial charge is 0.294 e. The van der Waals surface area contributed by atoms with Crippen molar-refractivity contribution in [1.82, 2.24) is 9.13 Å². The molecule has 0 bridgehead atoms. The minimum Gasteiger partial charge on any atom is -0.294 e. The van der Waals surface area contributed by atoms with Gasteiger partial charge in [-0.05, 0) is 47.2 Å². The summed E-state index contributed by atoms with van der Waals surface area (Å²) < 4.78 is 29.4. The van der Waals surface area contributed by atoms with Crippen molar-refractivity contribution >= 4 is 28.4 Å². The Labute approximate surface area is 143 Å². The fraction of sp³-hybridized carbons (Fsp3) is 0.267. The highest BCUT2D eigenvalue weighted by atomic mass is 127. The van der Waals surface area contributed by atoms with E-state index in [9.17, 15) is 23.2 Å². The molecule has 2 rings (SSSR count). The van der Waals surface area contributed by atoms with E-state index in [1.807, 2.05) is 22.6 Å². The molecule has 0 radical (unpaired) electrons. The fourth-order valence-electron chi connectivity index (χ4n) is 2.32. The number of carbonyl (C=O) groups is 1. The largest absolute Gasteiger partial charge is 0.333 e. The van der Waals surface area contributed by atoms with E-state index in [-0.39, 0.29) is 23.2 Å². The Morgan fingerprint density at radius 1 is 1.30 bits per heavy atom. The number of hydrogen-bond donors (Lipinski definition) is 0. The number of Topliss-reactive ketones (excluding diaryl/α,β-unsaturated/α-hetero) is 1. The molecule has 1 aromatic carbocycles. The second-order valence-electron chi connectivity index (χ2n) is 4.98. The number of nitrogens with zero attached hydrogens (tertiary/aromatic N) is 2. The van der Waals surface area contributed by atoms with E-state index in [0.29, 0.717) is 12.7 Å². The molecule has 1 heterocycles. The Balaban J connectivity index is 2.76. The summed E-state index contributed by atoms with van der Waals surface area (Å²) in [6, 6.07) is 4.40. The van der Waals surface area contributed by atoms with Crippen LogP contribution in [0.3, 0.4) is 0 Å². The van der Waals surface area contributed by atoms with Crippen molar-refractivity contribution in [3.05, 3.63) is 65.2 Å². The van der Waals surface area contributed by atoms with Gasteiger partial charge in [0.05, 0.1) is 0 Å². The molecule has 0 unspecified atom stereocenters. The molecule has 0 aliphatic carbocycles. The van der Waals surface area contributed by atoms with Crippen LogP contribution in [0.25, 0.3) is 0 Å². The SMILES string of the molecule is CC(=O)c1c(Cc2ccc(I)cc2F)n(CF)c(=O)n(C)c1=O. The molecular weight excluding hydrogens is 421 g/mol. The molecule has 23 heavy (non-hydrogen) atoms. The highest BCUT2D eigenvalue weighted by Gasteiger charge is 2.21. The molecule has 2 aromatic rings. The minimum atomic E-state index is -1.21. The zero-order valence-corrected chi connectivity index (χ0v) is 14.6. The van der Waals surface area contributed by atoms with Gasteiger partial charge in [0.15, 0.2) is 12.6 Å². The Hall–Kier alpha value is -1.84. The van der Waals surface area contributed by atoms with Crippen LogP contribution >= 0.6 is 22.6 Å². The maximum absolute atomic E-state index is 14.0. The zero-order valence-electron chi connectivity index (χ0n) is 12.4. The van der Waals surface area contributed by atoms with E-state index in [0.717, 1.165) is 6.92 Å². The van der Waals surface area contributed by atoms with Crippen LogP contribution in [0.2, 0.25) is 0 Å². The van der Waals surface area contributed by atoms with Crippen molar-refractivity contribution in [3.8, 4) is 0 Å². The number of halogens is 3. The van der Waals surface area contributed by atoms with Crippen LogP contribution in [0.1, 0.15) is 28.5 Å². The zero-order chi connectivity index (χ0) is 17.3. The third-order valence-electron chi connectivity index (χ3n) is 3.50. The van der Waals surface area contributed by atoms with Crippen molar-refractivity contribution in [3.63, 3.8) is 0 Å². The van der Waals surface area contributed by atoms with Gasteiger partial charge in [0.1, 0.15) is 11.4 Å². The molecule has 122 valence electrons. The van der Waals surface area contributed by atoms with E-state index in [1.165, 1.54) is 19.2 Å². The summed E-state index contributed by atoms with van der Waals surface area (Å²) in [6.07, 6.45) is -0.229. The van der Waals surface area contributed by atoms with E-state index in [4.69, 9.17) is 0 Å². The van der Waals surface area contributed by atoms with Gasteiger partial charge in [-0.3, -0.25) is 18.7 Å². The number of alkyl halides is 1. The standard InChI is InChI=1S/C15H13F2IN2O3/c1-8(21)13-12(5-9-3-4-10(18)6-11(9)17)20(7-16)15(23)19(2)14(13)22/h3-4,6H,5,7H2,1-2H3. The van der Waals surface area contributed by atoms with Crippen LogP contribution in [0.5, 0.6) is 0 Å². The summed E-state index contributed by atoms with van der Waals surface area (Å²) in [6.45, 7) is -0.0634. The number of benzene rings is 1. The summed E-state index contributed by atoms with van der Waals surface area (Å²) >= 11 is 1.94. The quantitative estimate of drug-likeness (QED) is 0.547. The highest BCUT2D eigenvalue weighted by Crippen LogP contribution is 2.17. The van der Waals surface area contributed by atoms with Crippen molar-refractivity contribution in [1.29, 1.82) is 0 Å². The van der Waals surface area contributed by atoms with E-state index < -0.39 is 29.6 Å². The summed E-state index contributed by atoms with van der Waals surface area (Å²) in [5.74, 6) is -1.15. The molecule has 8 heteroatoms. The summed E-state index contributed by atoms with van der Waals surface area (Å²) in [5.41, 5.74) is -1.95. The van der Waals surface area contributed by atoms with Gasteiger partial charge in [-0.15, -0.1) is 0 Å². The number of hydrogen-bond acceptors (Lipinski definition) is 3. The fourth-order valence-corrected chi connectivity index (χ4v) is 2.77. The molecule has 0 saturated heterocycles. The summed E-state index contributed by atoms with van der Waals surface area (Å²) in [5, 5.41) is 0. The van der Waals surface area contributed by atoms with E-state index in [2.05, 4.69) is 0 Å². The molecule has 5 nitrogen and oxygen atoms in total. The second-order valence-corrected chi connectivity index (χ2v) is 6.23. The third kappa shape index (κ3) is 3.26. The average Bonchev–Trinajstić information content (AvgIpc) is 2.48. The minimum absolute atomic E-state index is 0.117. The van der Waals surface area contributed by atoms with Gasteiger partial charge < -0.3 is 0 Å². The van der Waals surface area contributed by atoms with Gasteiger partial charge in [-0.25, -0.2) is 13.6 Å². The first-order valence-electron chi connectivity index (χ1n) is 6.61. The predicted octanol–water partition coefficient (Wildman–Crippen LogP) is 2.01. The molecular formula is C15H13F2IN2O3. The highest BCUT2D eigenvalue weighted by molar-refractivity contribution is 14.1. The molecule has 0 aliphatic heterocycles. The molecule has 1 aromatic heterocycles. The van der Waals surface area contributed by atoms with Crippen LogP contribution in [-0.4, -0.2) is 14.9 Å². The van der Waals surface area contributed by atoms with Gasteiger partial charge in [0.2, 0.25) is 0 Å². The second kappa shape index (κ2) is 6.73. The molecule has 0 amide bonds. The first-order chi connectivity index (χ1) is 10.8. The molecule has 0 spiro atoms. The lowest BCUT2D eigenvalue weighted by Crippen LogP contribution is -2.42. The van der Waals surface area contributed by atoms with E-state index in [1.54, 1.807) is 6.07 Å². The topological polar surface area (TPSA) is 61.1 Å². The monoisotopic (exact) mass is 434 g/mol. The third-order valence-corrected chi connectivity index (χ3v) is 4.17. The average molecular weight is 434 g/mol. The Morgan fingerprint density at radius 2 is 1.96 bits per heavy atom. The van der Waals surface area contributed by atoms with Gasteiger partial charge in [-0.1, -0.05) is 6.07 Å². The van der Waals surface area contributed by atoms with Crippen molar-refractivity contribution in [2.24, 2.45) is 7.05 Å². The van der Waals surface area contributed by atoms with Gasteiger partial charge in [0, 0.05) is 22.7 Å². The van der Waals surface area contributed by atoms with Gasteiger partial charge in [0.25, 0.3) is 5.56 Å². The van der Waals surface area contributed by atoms with Gasteiger partial charge in [-0.2, -0.15) is 0 Å². The van der Waals surface area contributed by atoms with Crippen LogP contribution in [0, 0.1) is 9.39 Å². The lowest BCUT2D eigenvalue weighted by Gasteiger charge is -2.15. The van der Waals surface area contributed by atoms with Crippen molar-refractivity contribution in [2.75, 3.05) is 0 Å². The number of rotatable bonds is 4. The lowest BCUT2D eigenvalue weighted by molar-refractivity contribution is 0.101. The summed E-state index contributed by atoms with van der Waals surface area (Å²) in [7, 11) is 1.17. The van der Waals surface area contributed by atoms with Crippen LogP contribution in [0.15, 0.2) is 27.8 Å². The first kappa shape index (κ1) is 17.5. The lowest BCUT2D eigenvalue weighted by atomic mass is 10.0. The Kier molecular flexibility index (Phi) is 5.12. The van der Waals surface area contributed by atoms with Gasteiger partial charge >= 0.3 is 5.69 Å². The van der Waals surface area contributed by atoms with Crippen LogP contribution in [-0.2, 0) is 20.3 Å². The number of carbonyl (C=O) groups excluding carboxylic acids is 1. The number of ketones is 1. The summed E-state index contributed by atoms with van der Waals surface area (Å²) in [4.78, 5) is 36.0. The Morgan fingerprint density at radius 3 is 2.48 bits per heavy atom. The molecule has 0 aliphatic rings. The normalized spacial score (nSPS) is 10.8. The first-order valence-corrected chi connectivity index (χ1v) is 7.69. The predicted molar refractivity (Wildman–Crippen MR) is 89.0 cm³/mol. The molecule has 0 N–H and O–H groups in total. The van der Waals surface area contributed by atoms with Crippen LogP contribution < -0.4 is 11.2 Å². The maximum Gasteiger partial charge on any atom is 0.333 e.